The van der Waals surface area contributed by atoms with Gasteiger partial charge in [0.1, 0.15) is 0 Å². The highest BCUT2D eigenvalue weighted by Gasteiger charge is 2.52. The minimum atomic E-state index is -1.13. The maximum Gasteiger partial charge on any atom is 0.325 e. The normalized spacial score (nSPS) is 19.0. The van der Waals surface area contributed by atoms with Crippen molar-refractivity contribution in [3.8, 4) is 0 Å². The molecule has 5 heteroatoms. The van der Waals surface area contributed by atoms with Gasteiger partial charge < -0.3 is 5.32 Å². The van der Waals surface area contributed by atoms with E-state index in [2.05, 4.69) is 5.32 Å². The Labute approximate surface area is 168 Å². The van der Waals surface area contributed by atoms with Crippen LogP contribution in [0.5, 0.6) is 0 Å². The van der Waals surface area contributed by atoms with Crippen LogP contribution in [0.2, 0.25) is 5.02 Å². The second-order valence-electron chi connectivity index (χ2n) is 6.89. The molecule has 3 aromatic carbocycles. The van der Waals surface area contributed by atoms with Crippen molar-refractivity contribution in [1.82, 2.24) is 10.2 Å². The van der Waals surface area contributed by atoms with E-state index in [0.717, 1.165) is 16.7 Å². The van der Waals surface area contributed by atoms with Crippen molar-refractivity contribution in [2.45, 2.75) is 18.5 Å². The summed E-state index contributed by atoms with van der Waals surface area (Å²) >= 11 is 6.06. The first kappa shape index (κ1) is 18.3. The second kappa shape index (κ2) is 7.49. The lowest BCUT2D eigenvalue weighted by atomic mass is 9.83. The summed E-state index contributed by atoms with van der Waals surface area (Å²) in [6.45, 7) is 0.175. The zero-order chi connectivity index (χ0) is 19.6. The number of urea groups is 1. The summed E-state index contributed by atoms with van der Waals surface area (Å²) in [5.74, 6) is -0.257. The average Bonchev–Trinajstić information content (AvgIpc) is 2.94. The van der Waals surface area contributed by atoms with Crippen molar-refractivity contribution >= 4 is 23.5 Å². The van der Waals surface area contributed by atoms with Crippen LogP contribution in [-0.2, 0) is 23.3 Å². The van der Waals surface area contributed by atoms with Gasteiger partial charge in [0.15, 0.2) is 5.54 Å². The quantitative estimate of drug-likeness (QED) is 0.650. The number of carbonyl (C=O) groups is 2. The molecule has 28 heavy (non-hydrogen) atoms. The molecule has 3 aromatic rings. The van der Waals surface area contributed by atoms with Gasteiger partial charge in [-0.05, 0) is 28.8 Å². The number of imide groups is 1. The molecule has 4 nitrogen and oxygen atoms in total. The highest BCUT2D eigenvalue weighted by atomic mass is 35.5. The first-order valence-electron chi connectivity index (χ1n) is 9.06. The van der Waals surface area contributed by atoms with Gasteiger partial charge in [0.05, 0.1) is 6.54 Å². The van der Waals surface area contributed by atoms with Crippen molar-refractivity contribution in [1.29, 1.82) is 0 Å². The zero-order valence-corrected chi connectivity index (χ0v) is 15.9. The monoisotopic (exact) mass is 390 g/mol. The number of hydrogen-bond acceptors (Lipinski definition) is 2. The molecule has 1 aliphatic rings. The fourth-order valence-electron chi connectivity index (χ4n) is 3.63. The Morgan fingerprint density at radius 1 is 0.821 bits per heavy atom. The molecule has 0 spiro atoms. The molecule has 140 valence electrons. The largest absolute Gasteiger partial charge is 0.325 e. The lowest BCUT2D eigenvalue weighted by molar-refractivity contribution is -0.132. The SMILES string of the molecule is O=C1N[C@@](Cc2ccccc2)(c2ccccc2)C(=O)N1Cc1cccc(Cl)c1. The van der Waals surface area contributed by atoms with Crippen LogP contribution in [0, 0.1) is 0 Å². The fourth-order valence-corrected chi connectivity index (χ4v) is 3.84. The maximum atomic E-state index is 13.5. The minimum Gasteiger partial charge on any atom is -0.319 e. The van der Waals surface area contributed by atoms with Crippen LogP contribution < -0.4 is 5.32 Å². The Morgan fingerprint density at radius 2 is 1.46 bits per heavy atom. The van der Waals surface area contributed by atoms with Gasteiger partial charge in [0, 0.05) is 11.4 Å². The summed E-state index contributed by atoms with van der Waals surface area (Å²) in [6.07, 6.45) is 0.383. The predicted octanol–water partition coefficient (Wildman–Crippen LogP) is 4.53. The van der Waals surface area contributed by atoms with E-state index < -0.39 is 11.6 Å². The summed E-state index contributed by atoms with van der Waals surface area (Å²) < 4.78 is 0. The third kappa shape index (κ3) is 3.39. The summed E-state index contributed by atoms with van der Waals surface area (Å²) in [5.41, 5.74) is 1.42. The van der Waals surface area contributed by atoms with Crippen LogP contribution in [0.25, 0.3) is 0 Å². The number of rotatable bonds is 5. The van der Waals surface area contributed by atoms with E-state index in [0.29, 0.717) is 11.4 Å². The van der Waals surface area contributed by atoms with Gasteiger partial charge in [-0.3, -0.25) is 9.69 Å². The lowest BCUT2D eigenvalue weighted by Gasteiger charge is -2.27. The second-order valence-corrected chi connectivity index (χ2v) is 7.32. The maximum absolute atomic E-state index is 13.5. The lowest BCUT2D eigenvalue weighted by Crippen LogP contribution is -2.46. The topological polar surface area (TPSA) is 49.4 Å². The van der Waals surface area contributed by atoms with E-state index in [4.69, 9.17) is 11.6 Å². The van der Waals surface area contributed by atoms with Crippen LogP contribution >= 0.6 is 11.6 Å². The van der Waals surface area contributed by atoms with Gasteiger partial charge in [0.25, 0.3) is 5.91 Å². The molecule has 0 aliphatic carbocycles. The van der Waals surface area contributed by atoms with Crippen molar-refractivity contribution in [3.63, 3.8) is 0 Å². The molecular weight excluding hydrogens is 372 g/mol. The van der Waals surface area contributed by atoms with E-state index in [1.807, 2.05) is 72.8 Å². The van der Waals surface area contributed by atoms with Gasteiger partial charge in [-0.2, -0.15) is 0 Å². The van der Waals surface area contributed by atoms with Crippen LogP contribution in [0.15, 0.2) is 84.9 Å². The van der Waals surface area contributed by atoms with E-state index in [-0.39, 0.29) is 12.5 Å². The number of nitrogens with one attached hydrogen (secondary N) is 1. The number of carbonyl (C=O) groups excluding carboxylic acids is 2. The summed E-state index contributed by atoms with van der Waals surface area (Å²) in [5, 5.41) is 3.54. The Kier molecular flexibility index (Phi) is 4.88. The summed E-state index contributed by atoms with van der Waals surface area (Å²) in [6, 6.07) is 25.9. The standard InChI is InChI=1S/C23H19ClN2O2/c24-20-13-7-10-18(14-20)16-26-21(27)23(25-22(26)28,19-11-5-2-6-12-19)15-17-8-3-1-4-9-17/h1-14H,15-16H2,(H,25,28)/t23-/m0/s1. The molecule has 1 N–H and O–H groups in total. The van der Waals surface area contributed by atoms with Gasteiger partial charge in [0.2, 0.25) is 0 Å². The van der Waals surface area contributed by atoms with Crippen molar-refractivity contribution in [2.75, 3.05) is 0 Å². The number of nitrogens with zero attached hydrogens (tertiary/aromatic N) is 1. The van der Waals surface area contributed by atoms with E-state index in [9.17, 15) is 9.59 Å². The molecule has 1 saturated heterocycles. The van der Waals surface area contributed by atoms with Crippen molar-refractivity contribution < 1.29 is 9.59 Å². The Bertz CT molecular complexity index is 1010. The van der Waals surface area contributed by atoms with E-state index in [1.54, 1.807) is 12.1 Å². The molecule has 0 aromatic heterocycles. The van der Waals surface area contributed by atoms with Crippen LogP contribution in [-0.4, -0.2) is 16.8 Å². The first-order valence-corrected chi connectivity index (χ1v) is 9.44. The Morgan fingerprint density at radius 3 is 2.14 bits per heavy atom. The summed E-state index contributed by atoms with van der Waals surface area (Å²) in [4.78, 5) is 27.6. The molecule has 0 radical (unpaired) electrons. The molecule has 0 bridgehead atoms. The van der Waals surface area contributed by atoms with Gasteiger partial charge in [-0.25, -0.2) is 4.79 Å². The molecular formula is C23H19ClN2O2. The van der Waals surface area contributed by atoms with E-state index >= 15 is 0 Å². The highest BCUT2D eigenvalue weighted by molar-refractivity contribution is 6.30. The minimum absolute atomic E-state index is 0.175. The van der Waals surface area contributed by atoms with Crippen molar-refractivity contribution in [3.05, 3.63) is 107 Å². The Balaban J connectivity index is 1.72. The number of amides is 3. The fraction of sp³-hybridized carbons (Fsp3) is 0.130. The predicted molar refractivity (Wildman–Crippen MR) is 109 cm³/mol. The highest BCUT2D eigenvalue weighted by Crippen LogP contribution is 2.33. The molecule has 4 rings (SSSR count). The molecule has 3 amide bonds. The van der Waals surface area contributed by atoms with Gasteiger partial charge in [-0.15, -0.1) is 0 Å². The number of benzene rings is 3. The Hall–Kier alpha value is -3.11. The smallest absolute Gasteiger partial charge is 0.319 e. The third-order valence-electron chi connectivity index (χ3n) is 4.98. The summed E-state index contributed by atoms with van der Waals surface area (Å²) in [7, 11) is 0. The molecule has 1 fully saturated rings. The third-order valence-corrected chi connectivity index (χ3v) is 5.22. The van der Waals surface area contributed by atoms with E-state index in [1.165, 1.54) is 4.90 Å². The average molecular weight is 391 g/mol. The number of hydrogen-bond donors (Lipinski definition) is 1. The molecule has 1 heterocycles. The number of halogens is 1. The van der Waals surface area contributed by atoms with Gasteiger partial charge in [-0.1, -0.05) is 84.4 Å². The molecule has 1 aliphatic heterocycles. The zero-order valence-electron chi connectivity index (χ0n) is 15.1. The molecule has 0 unspecified atom stereocenters. The first-order chi connectivity index (χ1) is 13.6. The van der Waals surface area contributed by atoms with Crippen LogP contribution in [0.4, 0.5) is 4.79 Å². The van der Waals surface area contributed by atoms with Crippen LogP contribution in [0.1, 0.15) is 16.7 Å². The molecule has 1 atom stereocenters. The van der Waals surface area contributed by atoms with Crippen molar-refractivity contribution in [2.24, 2.45) is 0 Å². The molecule has 0 saturated carbocycles. The van der Waals surface area contributed by atoms with Crippen LogP contribution in [0.3, 0.4) is 0 Å². The van der Waals surface area contributed by atoms with Gasteiger partial charge >= 0.3 is 6.03 Å².